The fraction of sp³-hybridized carbons (Fsp3) is 0.100. The summed E-state index contributed by atoms with van der Waals surface area (Å²) in [6.07, 6.45) is 1.64. The maximum Gasteiger partial charge on any atom is 0.263 e. The van der Waals surface area contributed by atoms with Gasteiger partial charge in [0.1, 0.15) is 11.6 Å². The van der Waals surface area contributed by atoms with Gasteiger partial charge in [0, 0.05) is 11.8 Å². The SMILES string of the molecule is O=C(COc1ccccc1)Nc1ccc(Nc2ccc3c(c2)OCO3)cn1. The summed E-state index contributed by atoms with van der Waals surface area (Å²) in [5.74, 6) is 2.25. The predicted molar refractivity (Wildman–Crippen MR) is 101 cm³/mol. The van der Waals surface area contributed by atoms with E-state index in [-0.39, 0.29) is 19.3 Å². The van der Waals surface area contributed by atoms with Crippen LogP contribution >= 0.6 is 0 Å². The molecule has 0 radical (unpaired) electrons. The van der Waals surface area contributed by atoms with Crippen LogP contribution in [0.2, 0.25) is 0 Å². The van der Waals surface area contributed by atoms with Gasteiger partial charge in [-0.1, -0.05) is 18.2 Å². The van der Waals surface area contributed by atoms with Gasteiger partial charge in [-0.2, -0.15) is 0 Å². The van der Waals surface area contributed by atoms with Crippen LogP contribution in [0.1, 0.15) is 0 Å². The van der Waals surface area contributed by atoms with Crippen molar-refractivity contribution in [3.63, 3.8) is 0 Å². The Balaban J connectivity index is 1.31. The molecule has 2 N–H and O–H groups in total. The molecule has 136 valence electrons. The predicted octanol–water partition coefficient (Wildman–Crippen LogP) is 3.57. The number of pyridine rings is 1. The summed E-state index contributed by atoms with van der Waals surface area (Å²) in [6.45, 7) is 0.158. The topological polar surface area (TPSA) is 81.7 Å². The highest BCUT2D eigenvalue weighted by Gasteiger charge is 2.13. The monoisotopic (exact) mass is 363 g/mol. The van der Waals surface area contributed by atoms with Gasteiger partial charge in [-0.3, -0.25) is 4.79 Å². The molecule has 0 aliphatic carbocycles. The van der Waals surface area contributed by atoms with Gasteiger partial charge in [-0.05, 0) is 36.4 Å². The first kappa shape index (κ1) is 16.7. The summed E-state index contributed by atoms with van der Waals surface area (Å²) >= 11 is 0. The maximum absolute atomic E-state index is 12.0. The minimum absolute atomic E-state index is 0.0805. The Labute approximate surface area is 155 Å². The Bertz CT molecular complexity index is 930. The fourth-order valence-electron chi connectivity index (χ4n) is 2.53. The Morgan fingerprint density at radius 1 is 1.00 bits per heavy atom. The molecule has 7 nitrogen and oxygen atoms in total. The van der Waals surface area contributed by atoms with Crippen molar-refractivity contribution in [1.29, 1.82) is 0 Å². The number of hydrogen-bond acceptors (Lipinski definition) is 6. The number of nitrogens with one attached hydrogen (secondary N) is 2. The van der Waals surface area contributed by atoms with Gasteiger partial charge in [-0.15, -0.1) is 0 Å². The van der Waals surface area contributed by atoms with Crippen LogP contribution in [0.25, 0.3) is 0 Å². The van der Waals surface area contributed by atoms with Crippen LogP contribution < -0.4 is 24.8 Å². The number of rotatable bonds is 6. The molecular weight excluding hydrogens is 346 g/mol. The molecule has 1 aliphatic heterocycles. The second kappa shape index (κ2) is 7.65. The van der Waals surface area contributed by atoms with Crippen LogP contribution in [-0.4, -0.2) is 24.3 Å². The molecular formula is C20H17N3O4. The first-order chi connectivity index (χ1) is 13.3. The number of hydrogen-bond donors (Lipinski definition) is 2. The van der Waals surface area contributed by atoms with Crippen molar-refractivity contribution in [3.05, 3.63) is 66.9 Å². The smallest absolute Gasteiger partial charge is 0.263 e. The molecule has 2 aromatic carbocycles. The molecule has 4 rings (SSSR count). The van der Waals surface area contributed by atoms with Crippen molar-refractivity contribution in [1.82, 2.24) is 4.98 Å². The molecule has 3 aromatic rings. The Hall–Kier alpha value is -3.74. The van der Waals surface area contributed by atoms with Crippen molar-refractivity contribution in [2.24, 2.45) is 0 Å². The fourth-order valence-corrected chi connectivity index (χ4v) is 2.53. The van der Waals surface area contributed by atoms with Gasteiger partial charge in [0.25, 0.3) is 5.91 Å². The molecule has 0 saturated carbocycles. The second-order valence-electron chi connectivity index (χ2n) is 5.78. The minimum Gasteiger partial charge on any atom is -0.484 e. The number of benzene rings is 2. The number of carbonyl (C=O) groups excluding carboxylic acids is 1. The summed E-state index contributed by atoms with van der Waals surface area (Å²) in [5.41, 5.74) is 1.64. The van der Waals surface area contributed by atoms with E-state index in [1.807, 2.05) is 42.5 Å². The van der Waals surface area contributed by atoms with Crippen LogP contribution in [0.4, 0.5) is 17.2 Å². The standard InChI is InChI=1S/C20H17N3O4/c24-20(12-25-16-4-2-1-3-5-16)23-19-9-7-15(11-21-19)22-14-6-8-17-18(10-14)27-13-26-17/h1-11,22H,12-13H2,(H,21,23,24). The number of nitrogens with zero attached hydrogens (tertiary/aromatic N) is 1. The molecule has 0 spiro atoms. The molecule has 0 atom stereocenters. The number of amides is 1. The number of anilines is 3. The highest BCUT2D eigenvalue weighted by molar-refractivity contribution is 5.91. The lowest BCUT2D eigenvalue weighted by molar-refractivity contribution is -0.118. The quantitative estimate of drug-likeness (QED) is 0.697. The van der Waals surface area contributed by atoms with Crippen LogP contribution in [0.3, 0.4) is 0 Å². The number of ether oxygens (including phenoxy) is 3. The lowest BCUT2D eigenvalue weighted by Crippen LogP contribution is -2.20. The second-order valence-corrected chi connectivity index (χ2v) is 5.78. The lowest BCUT2D eigenvalue weighted by atomic mass is 10.2. The highest BCUT2D eigenvalue weighted by atomic mass is 16.7. The average molecular weight is 363 g/mol. The van der Waals surface area contributed by atoms with E-state index in [0.717, 1.165) is 17.1 Å². The van der Waals surface area contributed by atoms with E-state index in [1.165, 1.54) is 0 Å². The number of fused-ring (bicyclic) bond motifs is 1. The first-order valence-corrected chi connectivity index (χ1v) is 8.37. The maximum atomic E-state index is 12.0. The normalized spacial score (nSPS) is 11.7. The van der Waals surface area contributed by atoms with E-state index in [4.69, 9.17) is 14.2 Å². The van der Waals surface area contributed by atoms with E-state index in [0.29, 0.717) is 17.3 Å². The molecule has 0 bridgehead atoms. The van der Waals surface area contributed by atoms with E-state index >= 15 is 0 Å². The highest BCUT2D eigenvalue weighted by Crippen LogP contribution is 2.35. The van der Waals surface area contributed by atoms with Gasteiger partial charge in [0.2, 0.25) is 6.79 Å². The first-order valence-electron chi connectivity index (χ1n) is 8.37. The zero-order valence-electron chi connectivity index (χ0n) is 14.3. The summed E-state index contributed by atoms with van der Waals surface area (Å²) in [7, 11) is 0. The number of carbonyl (C=O) groups is 1. The van der Waals surface area contributed by atoms with E-state index < -0.39 is 0 Å². The van der Waals surface area contributed by atoms with Crippen LogP contribution in [0, 0.1) is 0 Å². The molecule has 1 amide bonds. The van der Waals surface area contributed by atoms with Crippen molar-refractivity contribution >= 4 is 23.1 Å². The molecule has 0 unspecified atom stereocenters. The molecule has 2 heterocycles. The van der Waals surface area contributed by atoms with E-state index in [2.05, 4.69) is 15.6 Å². The Kier molecular flexibility index (Phi) is 4.74. The molecule has 1 aromatic heterocycles. The van der Waals surface area contributed by atoms with Crippen LogP contribution in [0.5, 0.6) is 17.2 Å². The Morgan fingerprint density at radius 2 is 1.81 bits per heavy atom. The van der Waals surface area contributed by atoms with Crippen molar-refractivity contribution in [3.8, 4) is 17.2 Å². The zero-order valence-corrected chi connectivity index (χ0v) is 14.3. The minimum atomic E-state index is -0.275. The lowest BCUT2D eigenvalue weighted by Gasteiger charge is -2.09. The number of para-hydroxylation sites is 1. The van der Waals surface area contributed by atoms with Crippen molar-refractivity contribution < 1.29 is 19.0 Å². The third-order valence-electron chi connectivity index (χ3n) is 3.81. The van der Waals surface area contributed by atoms with Gasteiger partial charge in [0.15, 0.2) is 18.1 Å². The third-order valence-corrected chi connectivity index (χ3v) is 3.81. The third kappa shape index (κ3) is 4.27. The van der Waals surface area contributed by atoms with Gasteiger partial charge in [0.05, 0.1) is 11.9 Å². The number of aromatic nitrogens is 1. The van der Waals surface area contributed by atoms with Gasteiger partial charge >= 0.3 is 0 Å². The summed E-state index contributed by atoms with van der Waals surface area (Å²) in [6, 6.07) is 18.3. The van der Waals surface area contributed by atoms with E-state index in [1.54, 1.807) is 24.4 Å². The Morgan fingerprint density at radius 3 is 2.63 bits per heavy atom. The van der Waals surface area contributed by atoms with Crippen LogP contribution in [-0.2, 0) is 4.79 Å². The van der Waals surface area contributed by atoms with Gasteiger partial charge in [-0.25, -0.2) is 4.98 Å². The van der Waals surface area contributed by atoms with Crippen LogP contribution in [0.15, 0.2) is 66.9 Å². The molecule has 0 saturated heterocycles. The van der Waals surface area contributed by atoms with Gasteiger partial charge < -0.3 is 24.8 Å². The summed E-state index contributed by atoms with van der Waals surface area (Å²) in [5, 5.41) is 5.92. The largest absolute Gasteiger partial charge is 0.484 e. The van der Waals surface area contributed by atoms with Crippen molar-refractivity contribution in [2.75, 3.05) is 24.0 Å². The average Bonchev–Trinajstić information content (AvgIpc) is 3.17. The van der Waals surface area contributed by atoms with E-state index in [9.17, 15) is 4.79 Å². The summed E-state index contributed by atoms with van der Waals surface area (Å²) in [4.78, 5) is 16.2. The van der Waals surface area contributed by atoms with Crippen molar-refractivity contribution in [2.45, 2.75) is 0 Å². The summed E-state index contributed by atoms with van der Waals surface area (Å²) < 4.78 is 16.1. The zero-order chi connectivity index (χ0) is 18.5. The molecule has 27 heavy (non-hydrogen) atoms. The molecule has 7 heteroatoms. The molecule has 0 fully saturated rings. The molecule has 1 aliphatic rings.